The van der Waals surface area contributed by atoms with E-state index >= 15 is 0 Å². The van der Waals surface area contributed by atoms with E-state index in [2.05, 4.69) is 9.97 Å². The van der Waals surface area contributed by atoms with Gasteiger partial charge < -0.3 is 4.42 Å². The number of rotatable bonds is 3. The smallest absolute Gasteiger partial charge is 0.417 e. The van der Waals surface area contributed by atoms with Gasteiger partial charge in [0.2, 0.25) is 5.89 Å². The zero-order valence-electron chi connectivity index (χ0n) is 12.7. The van der Waals surface area contributed by atoms with Crippen molar-refractivity contribution in [2.75, 3.05) is 0 Å². The molecular formula is C15H17F3N2OS. The van der Waals surface area contributed by atoms with Gasteiger partial charge in [0.25, 0.3) is 0 Å². The standard InChI is InChI=1S/C15H17F3N2OS/c1-9(13-20-8-11(21-13)14(2,3)4)22-12-6-5-10(7-19-12)15(16,17)18/h5-9H,1-4H3/t9-/m1/s1. The van der Waals surface area contributed by atoms with Crippen molar-refractivity contribution in [1.29, 1.82) is 0 Å². The van der Waals surface area contributed by atoms with Gasteiger partial charge in [-0.05, 0) is 19.1 Å². The summed E-state index contributed by atoms with van der Waals surface area (Å²) in [6.45, 7) is 7.94. The highest BCUT2D eigenvalue weighted by Gasteiger charge is 2.30. The van der Waals surface area contributed by atoms with Gasteiger partial charge in [0, 0.05) is 11.6 Å². The first-order chi connectivity index (χ1) is 10.1. The number of hydrogen-bond donors (Lipinski definition) is 0. The van der Waals surface area contributed by atoms with Gasteiger partial charge in [-0.1, -0.05) is 32.5 Å². The fourth-order valence-electron chi connectivity index (χ4n) is 1.67. The third-order valence-corrected chi connectivity index (χ3v) is 4.01. The summed E-state index contributed by atoms with van der Waals surface area (Å²) in [6, 6.07) is 2.38. The molecule has 3 nitrogen and oxygen atoms in total. The third kappa shape index (κ3) is 4.03. The van der Waals surface area contributed by atoms with Crippen molar-refractivity contribution in [3.05, 3.63) is 41.7 Å². The van der Waals surface area contributed by atoms with Gasteiger partial charge in [-0.25, -0.2) is 9.97 Å². The van der Waals surface area contributed by atoms with Crippen molar-refractivity contribution in [1.82, 2.24) is 9.97 Å². The van der Waals surface area contributed by atoms with Crippen LogP contribution in [0.5, 0.6) is 0 Å². The van der Waals surface area contributed by atoms with E-state index in [0.29, 0.717) is 10.9 Å². The summed E-state index contributed by atoms with van der Waals surface area (Å²) >= 11 is 1.31. The van der Waals surface area contributed by atoms with Crippen LogP contribution in [0.25, 0.3) is 0 Å². The van der Waals surface area contributed by atoms with Gasteiger partial charge >= 0.3 is 6.18 Å². The summed E-state index contributed by atoms with van der Waals surface area (Å²) in [5, 5.41) is 0.358. The van der Waals surface area contributed by atoms with Gasteiger partial charge in [0.15, 0.2) is 0 Å². The normalized spacial score (nSPS) is 14.1. The van der Waals surface area contributed by atoms with E-state index in [4.69, 9.17) is 4.42 Å². The maximum Gasteiger partial charge on any atom is 0.417 e. The van der Waals surface area contributed by atoms with Crippen molar-refractivity contribution < 1.29 is 17.6 Å². The number of aromatic nitrogens is 2. The molecule has 2 aromatic heterocycles. The Labute approximate surface area is 131 Å². The lowest BCUT2D eigenvalue weighted by atomic mass is 9.94. The van der Waals surface area contributed by atoms with Crippen molar-refractivity contribution in [3.8, 4) is 0 Å². The molecule has 2 aromatic rings. The number of nitrogens with zero attached hydrogens (tertiary/aromatic N) is 2. The Kier molecular flexibility index (Phi) is 4.56. The van der Waals surface area contributed by atoms with Crippen molar-refractivity contribution in [2.45, 2.75) is 49.6 Å². The molecule has 0 radical (unpaired) electrons. The molecule has 0 aliphatic carbocycles. The molecule has 0 aliphatic rings. The molecule has 0 spiro atoms. The predicted octanol–water partition coefficient (Wildman–Crippen LogP) is 5.24. The summed E-state index contributed by atoms with van der Waals surface area (Å²) in [4.78, 5) is 8.08. The number of pyridine rings is 1. The van der Waals surface area contributed by atoms with Gasteiger partial charge in [0.1, 0.15) is 5.76 Å². The number of thioether (sulfide) groups is 1. The summed E-state index contributed by atoms with van der Waals surface area (Å²) in [5.41, 5.74) is -0.891. The highest BCUT2D eigenvalue weighted by molar-refractivity contribution is 7.99. The molecule has 0 fully saturated rings. The monoisotopic (exact) mass is 330 g/mol. The average molecular weight is 330 g/mol. The van der Waals surface area contributed by atoms with E-state index in [0.717, 1.165) is 18.0 Å². The van der Waals surface area contributed by atoms with Crippen molar-refractivity contribution in [2.24, 2.45) is 0 Å². The molecule has 0 saturated heterocycles. The van der Waals surface area contributed by atoms with Crippen LogP contribution >= 0.6 is 11.8 Å². The first-order valence-corrected chi connectivity index (χ1v) is 7.61. The lowest BCUT2D eigenvalue weighted by Crippen LogP contribution is -2.09. The van der Waals surface area contributed by atoms with Crippen LogP contribution in [0, 0.1) is 0 Å². The number of oxazole rings is 1. The van der Waals surface area contributed by atoms with E-state index < -0.39 is 11.7 Å². The summed E-state index contributed by atoms with van der Waals surface area (Å²) in [5.74, 6) is 1.31. The highest BCUT2D eigenvalue weighted by atomic mass is 32.2. The molecule has 2 rings (SSSR count). The first-order valence-electron chi connectivity index (χ1n) is 6.73. The van der Waals surface area contributed by atoms with Gasteiger partial charge in [-0.2, -0.15) is 13.2 Å². The van der Waals surface area contributed by atoms with Crippen LogP contribution in [-0.4, -0.2) is 9.97 Å². The van der Waals surface area contributed by atoms with E-state index in [9.17, 15) is 13.2 Å². The van der Waals surface area contributed by atoms with Crippen LogP contribution in [0.4, 0.5) is 13.2 Å². The SMILES string of the molecule is C[C@@H](Sc1ccc(C(F)(F)F)cn1)c1ncc(C(C)(C)C)o1. The lowest BCUT2D eigenvalue weighted by Gasteiger charge is -2.14. The first kappa shape index (κ1) is 16.9. The molecule has 0 N–H and O–H groups in total. The Bertz CT molecular complexity index is 629. The second-order valence-electron chi connectivity index (χ2n) is 5.96. The summed E-state index contributed by atoms with van der Waals surface area (Å²) in [6.07, 6.45) is -1.84. The average Bonchev–Trinajstić information content (AvgIpc) is 2.87. The minimum Gasteiger partial charge on any atom is -0.444 e. The molecular weight excluding hydrogens is 313 g/mol. The van der Waals surface area contributed by atoms with Crippen LogP contribution in [0.3, 0.4) is 0 Å². The Balaban J connectivity index is 2.09. The molecule has 2 heterocycles. The van der Waals surface area contributed by atoms with Gasteiger partial charge in [-0.15, -0.1) is 0 Å². The summed E-state index contributed by atoms with van der Waals surface area (Å²) in [7, 11) is 0. The Morgan fingerprint density at radius 1 is 1.09 bits per heavy atom. The zero-order valence-corrected chi connectivity index (χ0v) is 13.5. The maximum atomic E-state index is 12.5. The largest absolute Gasteiger partial charge is 0.444 e. The van der Waals surface area contributed by atoms with E-state index in [1.54, 1.807) is 6.20 Å². The quantitative estimate of drug-likeness (QED) is 0.722. The number of halogens is 3. The molecule has 0 aromatic carbocycles. The predicted molar refractivity (Wildman–Crippen MR) is 78.7 cm³/mol. The Morgan fingerprint density at radius 2 is 1.77 bits per heavy atom. The molecule has 0 aliphatic heterocycles. The molecule has 0 amide bonds. The van der Waals surface area contributed by atoms with Gasteiger partial charge in [-0.3, -0.25) is 0 Å². The third-order valence-electron chi connectivity index (χ3n) is 2.97. The van der Waals surface area contributed by atoms with Crippen molar-refractivity contribution in [3.63, 3.8) is 0 Å². The highest BCUT2D eigenvalue weighted by Crippen LogP contribution is 2.36. The van der Waals surface area contributed by atoms with Crippen LogP contribution in [-0.2, 0) is 11.6 Å². The van der Waals surface area contributed by atoms with E-state index in [1.807, 2.05) is 27.7 Å². The number of alkyl halides is 3. The van der Waals surface area contributed by atoms with Crippen LogP contribution in [0.15, 0.2) is 34.0 Å². The second-order valence-corrected chi connectivity index (χ2v) is 7.32. The van der Waals surface area contributed by atoms with Crippen LogP contribution in [0.1, 0.15) is 50.2 Å². The van der Waals surface area contributed by atoms with Crippen LogP contribution < -0.4 is 0 Å². The fraction of sp³-hybridized carbons (Fsp3) is 0.467. The Hall–Kier alpha value is -1.50. The molecule has 0 saturated carbocycles. The summed E-state index contributed by atoms with van der Waals surface area (Å²) < 4.78 is 43.2. The zero-order chi connectivity index (χ0) is 16.5. The van der Waals surface area contributed by atoms with E-state index in [1.165, 1.54) is 17.8 Å². The minimum atomic E-state index is -4.37. The maximum absolute atomic E-state index is 12.5. The lowest BCUT2D eigenvalue weighted by molar-refractivity contribution is -0.137. The molecule has 0 unspecified atom stereocenters. The topological polar surface area (TPSA) is 38.9 Å². The fourth-order valence-corrected chi connectivity index (χ4v) is 2.50. The molecule has 7 heteroatoms. The Morgan fingerprint density at radius 3 is 2.23 bits per heavy atom. The van der Waals surface area contributed by atoms with Gasteiger partial charge in [0.05, 0.1) is 22.0 Å². The molecule has 1 atom stereocenters. The van der Waals surface area contributed by atoms with Crippen molar-refractivity contribution >= 4 is 11.8 Å². The molecule has 120 valence electrons. The second kappa shape index (κ2) is 5.95. The van der Waals surface area contributed by atoms with Crippen LogP contribution in [0.2, 0.25) is 0 Å². The molecule has 22 heavy (non-hydrogen) atoms. The van der Waals surface area contributed by atoms with E-state index in [-0.39, 0.29) is 10.7 Å². The minimum absolute atomic E-state index is 0.137. The molecule has 0 bridgehead atoms. The number of hydrogen-bond acceptors (Lipinski definition) is 4.